The molecule has 2 aliphatic rings. The number of aromatic nitrogens is 2. The molecule has 30 heavy (non-hydrogen) atoms. The van der Waals surface area contributed by atoms with Crippen LogP contribution < -0.4 is 19.9 Å². The summed E-state index contributed by atoms with van der Waals surface area (Å²) in [5, 5.41) is 0.833. The molecule has 0 saturated carbocycles. The van der Waals surface area contributed by atoms with E-state index in [-0.39, 0.29) is 5.56 Å². The lowest BCUT2D eigenvalue weighted by atomic mass is 9.98. The first-order valence-electron chi connectivity index (χ1n) is 10.9. The smallest absolute Gasteiger partial charge is 0.260 e. The Morgan fingerprint density at radius 1 is 1.10 bits per heavy atom. The molecule has 0 bridgehead atoms. The third-order valence-electron chi connectivity index (χ3n) is 6.10. The Morgan fingerprint density at radius 3 is 2.63 bits per heavy atom. The van der Waals surface area contributed by atoms with Gasteiger partial charge in [-0.05, 0) is 56.4 Å². The van der Waals surface area contributed by atoms with Gasteiger partial charge in [0.25, 0.3) is 5.56 Å². The lowest BCUT2D eigenvalue weighted by Crippen LogP contribution is -3.10. The highest BCUT2D eigenvalue weighted by molar-refractivity contribution is 7.18. The summed E-state index contributed by atoms with van der Waals surface area (Å²) in [6.07, 6.45) is 4.24. The molecule has 2 aromatic heterocycles. The summed E-state index contributed by atoms with van der Waals surface area (Å²) in [7, 11) is 0. The number of aromatic amines is 1. The maximum absolute atomic E-state index is 12.7. The normalized spacial score (nSPS) is 17.7. The van der Waals surface area contributed by atoms with Gasteiger partial charge < -0.3 is 19.4 Å². The van der Waals surface area contributed by atoms with E-state index in [0.29, 0.717) is 13.2 Å². The van der Waals surface area contributed by atoms with Crippen LogP contribution >= 0.6 is 11.3 Å². The summed E-state index contributed by atoms with van der Waals surface area (Å²) in [4.78, 5) is 24.3. The lowest BCUT2D eigenvalue weighted by Gasteiger charge is -2.26. The number of rotatable bonds is 6. The van der Waals surface area contributed by atoms with Crippen molar-refractivity contribution >= 4 is 21.6 Å². The summed E-state index contributed by atoms with van der Waals surface area (Å²) < 4.78 is 11.6. The lowest BCUT2D eigenvalue weighted by molar-refractivity contribution is -0.930. The Balaban J connectivity index is 1.39. The van der Waals surface area contributed by atoms with Crippen LogP contribution in [-0.4, -0.2) is 29.7 Å². The number of nitrogens with zero attached hydrogens (tertiary/aromatic N) is 1. The van der Waals surface area contributed by atoms with E-state index in [0.717, 1.165) is 72.9 Å². The molecule has 5 rings (SSSR count). The zero-order chi connectivity index (χ0) is 20.7. The second-order valence-corrected chi connectivity index (χ2v) is 9.17. The van der Waals surface area contributed by atoms with Crippen molar-refractivity contribution < 1.29 is 14.4 Å². The minimum absolute atomic E-state index is 0.0335. The topological polar surface area (TPSA) is 68.7 Å². The highest BCUT2D eigenvalue weighted by atomic mass is 32.1. The molecule has 1 aliphatic carbocycles. The van der Waals surface area contributed by atoms with Gasteiger partial charge in [0.1, 0.15) is 17.9 Å². The van der Waals surface area contributed by atoms with Gasteiger partial charge in [0.05, 0.1) is 25.1 Å². The van der Waals surface area contributed by atoms with Gasteiger partial charge in [-0.25, -0.2) is 4.98 Å². The van der Waals surface area contributed by atoms with Crippen molar-refractivity contribution in [3.05, 3.63) is 49.9 Å². The van der Waals surface area contributed by atoms with Gasteiger partial charge in [-0.15, -0.1) is 11.3 Å². The predicted octanol–water partition coefficient (Wildman–Crippen LogP) is 2.41. The quantitative estimate of drug-likeness (QED) is 0.635. The molecule has 1 aliphatic heterocycles. The summed E-state index contributed by atoms with van der Waals surface area (Å²) in [5.41, 5.74) is 3.90. The van der Waals surface area contributed by atoms with E-state index in [1.165, 1.54) is 26.5 Å². The van der Waals surface area contributed by atoms with Crippen molar-refractivity contribution in [3.63, 3.8) is 0 Å². The number of hydrogen-bond donors (Lipinski definition) is 2. The van der Waals surface area contributed by atoms with Crippen molar-refractivity contribution in [2.75, 3.05) is 19.8 Å². The fourth-order valence-electron chi connectivity index (χ4n) is 4.77. The minimum Gasteiger partial charge on any atom is -0.490 e. The first-order chi connectivity index (χ1) is 14.7. The van der Waals surface area contributed by atoms with Crippen LogP contribution in [0.1, 0.15) is 47.7 Å². The van der Waals surface area contributed by atoms with E-state index in [2.05, 4.69) is 17.1 Å². The van der Waals surface area contributed by atoms with Crippen LogP contribution in [0, 0.1) is 0 Å². The van der Waals surface area contributed by atoms with Crippen LogP contribution in [0.3, 0.4) is 0 Å². The Morgan fingerprint density at radius 2 is 1.87 bits per heavy atom. The largest absolute Gasteiger partial charge is 0.490 e. The van der Waals surface area contributed by atoms with Crippen molar-refractivity contribution in [3.8, 4) is 11.5 Å². The van der Waals surface area contributed by atoms with Crippen LogP contribution in [0.5, 0.6) is 11.5 Å². The van der Waals surface area contributed by atoms with Crippen LogP contribution in [-0.2, 0) is 32.4 Å². The average molecular weight is 427 g/mol. The molecule has 2 N–H and O–H groups in total. The minimum atomic E-state index is 0.0335. The third-order valence-corrected chi connectivity index (χ3v) is 7.28. The van der Waals surface area contributed by atoms with E-state index >= 15 is 0 Å². The van der Waals surface area contributed by atoms with Gasteiger partial charge >= 0.3 is 0 Å². The first-order valence-corrected chi connectivity index (χ1v) is 11.8. The molecule has 7 heteroatoms. The molecule has 0 radical (unpaired) electrons. The number of ether oxygens (including phenoxy) is 2. The molecule has 1 aromatic carbocycles. The molecule has 1 unspecified atom stereocenters. The van der Waals surface area contributed by atoms with Crippen molar-refractivity contribution in [1.29, 1.82) is 0 Å². The maximum atomic E-state index is 12.7. The van der Waals surface area contributed by atoms with Crippen LogP contribution in [0.15, 0.2) is 16.9 Å². The summed E-state index contributed by atoms with van der Waals surface area (Å²) >= 11 is 1.71. The van der Waals surface area contributed by atoms with E-state index in [1.54, 1.807) is 11.3 Å². The number of fused-ring (bicyclic) bond motifs is 4. The Bertz CT molecular complexity index is 1150. The Kier molecular flexibility index (Phi) is 5.25. The van der Waals surface area contributed by atoms with Gasteiger partial charge in [0.15, 0.2) is 17.3 Å². The fourth-order valence-corrected chi connectivity index (χ4v) is 6.05. The zero-order valence-electron chi connectivity index (χ0n) is 17.6. The van der Waals surface area contributed by atoms with Gasteiger partial charge in [-0.3, -0.25) is 4.79 Å². The van der Waals surface area contributed by atoms with E-state index < -0.39 is 0 Å². The first kappa shape index (κ1) is 19.6. The summed E-state index contributed by atoms with van der Waals surface area (Å²) in [5.74, 6) is 2.45. The van der Waals surface area contributed by atoms with Crippen LogP contribution in [0.2, 0.25) is 0 Å². The number of H-pyrrole nitrogens is 1. The maximum Gasteiger partial charge on any atom is 0.260 e. The highest BCUT2D eigenvalue weighted by Crippen LogP contribution is 2.34. The van der Waals surface area contributed by atoms with Gasteiger partial charge in [0, 0.05) is 16.9 Å². The molecule has 3 heterocycles. The molecular weight excluding hydrogens is 398 g/mol. The molecule has 0 fully saturated rings. The second kappa shape index (κ2) is 8.04. The molecule has 6 nitrogen and oxygen atoms in total. The van der Waals surface area contributed by atoms with E-state index in [1.807, 2.05) is 13.8 Å². The number of quaternary nitrogens is 1. The molecule has 0 saturated heterocycles. The standard InChI is InChI=1S/C23H27N3O3S/c1-3-28-17-10-14-8-9-26(12-15(14)11-18(17)29-4-2)13-20-24-22(27)21-16-6-5-7-19(16)30-23(21)25-20/h10-11H,3-9,12-13H2,1-2H3,(H,24,25,27)/p+1. The van der Waals surface area contributed by atoms with E-state index in [9.17, 15) is 4.79 Å². The Hall–Kier alpha value is -2.38. The molecule has 3 aromatic rings. The molecule has 0 amide bonds. The number of nitrogens with one attached hydrogen (secondary N) is 2. The summed E-state index contributed by atoms with van der Waals surface area (Å²) in [6.45, 7) is 7.86. The third kappa shape index (κ3) is 3.50. The number of aryl methyl sites for hydroxylation is 2. The number of benzene rings is 1. The van der Waals surface area contributed by atoms with Crippen LogP contribution in [0.25, 0.3) is 10.2 Å². The Labute approximate surface area is 179 Å². The number of thiophene rings is 1. The fraction of sp³-hybridized carbons (Fsp3) is 0.478. The van der Waals surface area contributed by atoms with Gasteiger partial charge in [0.2, 0.25) is 0 Å². The second-order valence-electron chi connectivity index (χ2n) is 8.09. The number of hydrogen-bond acceptors (Lipinski definition) is 5. The van der Waals surface area contributed by atoms with E-state index in [4.69, 9.17) is 14.5 Å². The molecular formula is C23H28N3O3S+. The van der Waals surface area contributed by atoms with Gasteiger partial charge in [-0.1, -0.05) is 0 Å². The zero-order valence-corrected chi connectivity index (χ0v) is 18.4. The average Bonchev–Trinajstić information content (AvgIpc) is 3.30. The van der Waals surface area contributed by atoms with Crippen molar-refractivity contribution in [1.82, 2.24) is 9.97 Å². The van der Waals surface area contributed by atoms with Crippen LogP contribution in [0.4, 0.5) is 0 Å². The van der Waals surface area contributed by atoms with Gasteiger partial charge in [-0.2, -0.15) is 0 Å². The molecule has 1 atom stereocenters. The summed E-state index contributed by atoms with van der Waals surface area (Å²) in [6, 6.07) is 4.27. The highest BCUT2D eigenvalue weighted by Gasteiger charge is 2.25. The SMILES string of the molecule is CCOc1cc2c(cc1OCC)C[NH+](Cc1nc3sc4c(c3c(=O)[nH]1)CCC4)CC2. The molecule has 158 valence electrons. The predicted molar refractivity (Wildman–Crippen MR) is 118 cm³/mol. The molecule has 0 spiro atoms. The van der Waals surface area contributed by atoms with Crippen molar-refractivity contribution in [2.45, 2.75) is 52.6 Å². The van der Waals surface area contributed by atoms with Crippen molar-refractivity contribution in [2.24, 2.45) is 0 Å². The monoisotopic (exact) mass is 426 g/mol.